The van der Waals surface area contributed by atoms with Crippen LogP contribution in [-0.4, -0.2) is 12.1 Å². The zero-order chi connectivity index (χ0) is 18.7. The molecular weight excluding hydrogens is 342 g/mol. The van der Waals surface area contributed by atoms with Crippen molar-refractivity contribution in [2.24, 2.45) is 0 Å². The Balaban J connectivity index is 1.66. The van der Waals surface area contributed by atoms with Crippen LogP contribution in [-0.2, 0) is 12.8 Å². The molecule has 2 aliphatic carbocycles. The standard InChI is InChI=1S/C26H19NO/c1-28-19-12-10-16(11-13-19)24-22-14-17-6-2-4-8-20(17)25(22)27-26-21-9-5-3-7-18(21)15-23(24)26/h2-13H,14-15H2,1H3. The van der Waals surface area contributed by atoms with Gasteiger partial charge in [0.1, 0.15) is 5.75 Å². The van der Waals surface area contributed by atoms with Gasteiger partial charge < -0.3 is 4.74 Å². The first-order valence-corrected chi connectivity index (χ1v) is 9.70. The monoisotopic (exact) mass is 361 g/mol. The summed E-state index contributed by atoms with van der Waals surface area (Å²) < 4.78 is 5.38. The van der Waals surface area contributed by atoms with E-state index in [0.29, 0.717) is 0 Å². The summed E-state index contributed by atoms with van der Waals surface area (Å²) in [5, 5.41) is 0. The Morgan fingerprint density at radius 1 is 0.679 bits per heavy atom. The van der Waals surface area contributed by atoms with Crippen molar-refractivity contribution in [3.05, 3.63) is 95.1 Å². The topological polar surface area (TPSA) is 22.1 Å². The predicted octanol–water partition coefficient (Wildman–Crippen LogP) is 5.90. The van der Waals surface area contributed by atoms with Crippen molar-refractivity contribution in [1.82, 2.24) is 4.98 Å². The van der Waals surface area contributed by atoms with Crippen LogP contribution in [0.3, 0.4) is 0 Å². The van der Waals surface area contributed by atoms with Crippen LogP contribution in [0.4, 0.5) is 0 Å². The fourth-order valence-electron chi connectivity index (χ4n) is 4.75. The molecule has 134 valence electrons. The minimum Gasteiger partial charge on any atom is -0.497 e. The highest BCUT2D eigenvalue weighted by Gasteiger charge is 2.31. The van der Waals surface area contributed by atoms with Crippen LogP contribution in [0.2, 0.25) is 0 Å². The fraction of sp³-hybridized carbons (Fsp3) is 0.115. The number of fused-ring (bicyclic) bond motifs is 6. The molecule has 0 fully saturated rings. The van der Waals surface area contributed by atoms with Gasteiger partial charge in [0.2, 0.25) is 0 Å². The second-order valence-corrected chi connectivity index (χ2v) is 7.54. The van der Waals surface area contributed by atoms with Crippen LogP contribution >= 0.6 is 0 Å². The number of methoxy groups -OCH3 is 1. The van der Waals surface area contributed by atoms with Gasteiger partial charge in [-0.05, 0) is 45.5 Å². The minimum absolute atomic E-state index is 0.887. The molecule has 28 heavy (non-hydrogen) atoms. The third kappa shape index (κ3) is 2.12. The SMILES string of the molecule is COc1ccc(-c2c3c(nc4c2Cc2ccccc2-4)-c2ccccc2C3)cc1. The number of hydrogen-bond donors (Lipinski definition) is 0. The van der Waals surface area contributed by atoms with E-state index in [9.17, 15) is 0 Å². The van der Waals surface area contributed by atoms with Gasteiger partial charge in [-0.3, -0.25) is 0 Å². The van der Waals surface area contributed by atoms with Gasteiger partial charge in [0.25, 0.3) is 0 Å². The van der Waals surface area contributed by atoms with Gasteiger partial charge in [-0.25, -0.2) is 4.98 Å². The summed E-state index contributed by atoms with van der Waals surface area (Å²) in [7, 11) is 1.71. The van der Waals surface area contributed by atoms with Crippen molar-refractivity contribution >= 4 is 0 Å². The Morgan fingerprint density at radius 3 is 1.75 bits per heavy atom. The van der Waals surface area contributed by atoms with Crippen molar-refractivity contribution in [3.63, 3.8) is 0 Å². The Bertz CT molecular complexity index is 1170. The molecule has 6 rings (SSSR count). The molecule has 0 aliphatic heterocycles. The Labute approximate surface area is 164 Å². The Hall–Kier alpha value is -3.39. The van der Waals surface area contributed by atoms with E-state index in [0.717, 1.165) is 30.0 Å². The number of pyridine rings is 1. The molecule has 0 saturated heterocycles. The van der Waals surface area contributed by atoms with Gasteiger partial charge in [-0.15, -0.1) is 0 Å². The van der Waals surface area contributed by atoms with E-state index in [2.05, 4.69) is 72.8 Å². The molecule has 2 heteroatoms. The molecule has 0 N–H and O–H groups in total. The summed E-state index contributed by atoms with van der Waals surface area (Å²) in [5.74, 6) is 0.887. The van der Waals surface area contributed by atoms with Crippen molar-refractivity contribution in [1.29, 1.82) is 0 Å². The maximum atomic E-state index is 5.38. The maximum Gasteiger partial charge on any atom is 0.118 e. The summed E-state index contributed by atoms with van der Waals surface area (Å²) in [4.78, 5) is 5.21. The number of nitrogens with zero attached hydrogens (tertiary/aromatic N) is 1. The zero-order valence-corrected chi connectivity index (χ0v) is 15.7. The van der Waals surface area contributed by atoms with Crippen LogP contribution in [0.1, 0.15) is 22.3 Å². The summed E-state index contributed by atoms with van der Waals surface area (Å²) >= 11 is 0. The average Bonchev–Trinajstić information content (AvgIpc) is 3.30. The molecule has 0 atom stereocenters. The van der Waals surface area contributed by atoms with Gasteiger partial charge in [-0.1, -0.05) is 60.7 Å². The van der Waals surface area contributed by atoms with E-state index in [1.807, 2.05) is 0 Å². The predicted molar refractivity (Wildman–Crippen MR) is 113 cm³/mol. The van der Waals surface area contributed by atoms with E-state index < -0.39 is 0 Å². The highest BCUT2D eigenvalue weighted by molar-refractivity contribution is 5.91. The van der Waals surface area contributed by atoms with E-state index in [1.54, 1.807) is 7.11 Å². The second kappa shape index (κ2) is 5.80. The Morgan fingerprint density at radius 2 is 1.21 bits per heavy atom. The largest absolute Gasteiger partial charge is 0.497 e. The van der Waals surface area contributed by atoms with Crippen molar-refractivity contribution in [3.8, 4) is 39.4 Å². The lowest BCUT2D eigenvalue weighted by molar-refractivity contribution is 0.415. The molecule has 1 aromatic heterocycles. The van der Waals surface area contributed by atoms with Crippen molar-refractivity contribution in [2.75, 3.05) is 7.11 Å². The highest BCUT2D eigenvalue weighted by Crippen LogP contribution is 2.48. The molecule has 0 radical (unpaired) electrons. The maximum absolute atomic E-state index is 5.38. The first kappa shape index (κ1) is 15.6. The van der Waals surface area contributed by atoms with Gasteiger partial charge >= 0.3 is 0 Å². The lowest BCUT2D eigenvalue weighted by Crippen LogP contribution is -1.98. The van der Waals surface area contributed by atoms with Gasteiger partial charge in [0.15, 0.2) is 0 Å². The molecule has 0 bridgehead atoms. The number of rotatable bonds is 2. The molecule has 1 heterocycles. The average molecular weight is 361 g/mol. The first-order chi connectivity index (χ1) is 13.8. The normalized spacial score (nSPS) is 12.9. The zero-order valence-electron chi connectivity index (χ0n) is 15.7. The molecule has 4 aromatic rings. The number of hydrogen-bond acceptors (Lipinski definition) is 2. The molecule has 0 amide bonds. The van der Waals surface area contributed by atoms with Gasteiger partial charge in [0.05, 0.1) is 18.5 Å². The molecule has 0 saturated carbocycles. The van der Waals surface area contributed by atoms with E-state index in [4.69, 9.17) is 9.72 Å². The number of aromatic nitrogens is 1. The first-order valence-electron chi connectivity index (χ1n) is 9.70. The van der Waals surface area contributed by atoms with Gasteiger partial charge in [-0.2, -0.15) is 0 Å². The van der Waals surface area contributed by atoms with E-state index in [-0.39, 0.29) is 0 Å². The summed E-state index contributed by atoms with van der Waals surface area (Å²) in [6.07, 6.45) is 1.90. The summed E-state index contributed by atoms with van der Waals surface area (Å²) in [6, 6.07) is 25.8. The van der Waals surface area contributed by atoms with Gasteiger partial charge in [0, 0.05) is 24.0 Å². The van der Waals surface area contributed by atoms with Crippen LogP contribution in [0, 0.1) is 0 Å². The number of ether oxygens (including phenoxy) is 1. The van der Waals surface area contributed by atoms with Crippen LogP contribution < -0.4 is 4.74 Å². The van der Waals surface area contributed by atoms with Crippen LogP contribution in [0.5, 0.6) is 5.75 Å². The molecule has 2 aliphatic rings. The summed E-state index contributed by atoms with van der Waals surface area (Å²) in [5.41, 5.74) is 12.9. The van der Waals surface area contributed by atoms with Crippen LogP contribution in [0.25, 0.3) is 33.6 Å². The van der Waals surface area contributed by atoms with Crippen LogP contribution in [0.15, 0.2) is 72.8 Å². The minimum atomic E-state index is 0.887. The lowest BCUT2D eigenvalue weighted by atomic mass is 9.92. The Kier molecular flexibility index (Phi) is 3.24. The second-order valence-electron chi connectivity index (χ2n) is 7.54. The molecule has 3 aromatic carbocycles. The molecular formula is C26H19NO. The number of benzene rings is 3. The lowest BCUT2D eigenvalue weighted by Gasteiger charge is -2.15. The molecule has 0 spiro atoms. The fourth-order valence-corrected chi connectivity index (χ4v) is 4.75. The van der Waals surface area contributed by atoms with Crippen molar-refractivity contribution in [2.45, 2.75) is 12.8 Å². The van der Waals surface area contributed by atoms with Crippen molar-refractivity contribution < 1.29 is 4.74 Å². The quantitative estimate of drug-likeness (QED) is 0.383. The summed E-state index contributed by atoms with van der Waals surface area (Å²) in [6.45, 7) is 0. The van der Waals surface area contributed by atoms with E-state index in [1.165, 1.54) is 44.5 Å². The highest BCUT2D eigenvalue weighted by atomic mass is 16.5. The molecule has 0 unspecified atom stereocenters. The van der Waals surface area contributed by atoms with E-state index >= 15 is 0 Å². The smallest absolute Gasteiger partial charge is 0.118 e. The molecule has 2 nitrogen and oxygen atoms in total. The third-order valence-corrected chi connectivity index (χ3v) is 6.06. The third-order valence-electron chi connectivity index (χ3n) is 6.06.